The number of carbonyl (C=O) groups excluding carboxylic acids is 2. The van der Waals surface area contributed by atoms with E-state index in [1.54, 1.807) is 66.9 Å². The Bertz CT molecular complexity index is 951. The number of nitrogens with one attached hydrogen (secondary N) is 2. The Morgan fingerprint density at radius 2 is 1.81 bits per heavy atom. The molecule has 3 aromatic rings. The zero-order valence-electron chi connectivity index (χ0n) is 15.0. The second-order valence-electron chi connectivity index (χ2n) is 5.75. The minimum atomic E-state index is -0.298. The fraction of sp³-hybridized carbons (Fsp3) is 0.150. The minimum Gasteiger partial charge on any atom is -0.487 e. The van der Waals surface area contributed by atoms with E-state index in [4.69, 9.17) is 4.74 Å². The number of para-hydroxylation sites is 1. The summed E-state index contributed by atoms with van der Waals surface area (Å²) in [6, 6.07) is 13.7. The molecule has 0 bridgehead atoms. The van der Waals surface area contributed by atoms with Crippen LogP contribution in [0.25, 0.3) is 0 Å². The molecule has 0 atom stereocenters. The molecule has 27 heavy (non-hydrogen) atoms. The van der Waals surface area contributed by atoms with Gasteiger partial charge in [0.15, 0.2) is 0 Å². The molecule has 0 saturated heterocycles. The van der Waals surface area contributed by atoms with Gasteiger partial charge in [-0.25, -0.2) is 4.98 Å². The number of nitrogens with zero attached hydrogens (tertiary/aromatic N) is 1. The number of hydrogen-bond donors (Lipinski definition) is 2. The van der Waals surface area contributed by atoms with E-state index in [9.17, 15) is 9.59 Å². The van der Waals surface area contributed by atoms with Crippen LogP contribution in [0.15, 0.2) is 53.9 Å². The third-order valence-electron chi connectivity index (χ3n) is 3.82. The van der Waals surface area contributed by atoms with Gasteiger partial charge in [-0.2, -0.15) is 0 Å². The number of hydrogen-bond acceptors (Lipinski definition) is 5. The van der Waals surface area contributed by atoms with Crippen molar-refractivity contribution >= 4 is 28.8 Å². The Morgan fingerprint density at radius 1 is 1.07 bits per heavy atom. The maximum absolute atomic E-state index is 12.5. The van der Waals surface area contributed by atoms with Crippen LogP contribution in [0.5, 0.6) is 5.75 Å². The molecular weight excluding hydrogens is 362 g/mol. The molecule has 0 saturated carbocycles. The number of aromatic nitrogens is 1. The van der Waals surface area contributed by atoms with Gasteiger partial charge in [0.25, 0.3) is 11.8 Å². The second kappa shape index (κ2) is 8.46. The molecule has 0 spiro atoms. The predicted octanol–water partition coefficient (Wildman–Crippen LogP) is 3.64. The van der Waals surface area contributed by atoms with Gasteiger partial charge in [0, 0.05) is 18.0 Å². The zero-order valence-corrected chi connectivity index (χ0v) is 15.8. The molecule has 0 unspecified atom stereocenters. The molecule has 1 heterocycles. The highest BCUT2D eigenvalue weighted by molar-refractivity contribution is 7.09. The summed E-state index contributed by atoms with van der Waals surface area (Å²) in [5.41, 5.74) is 2.22. The van der Waals surface area contributed by atoms with Crippen LogP contribution < -0.4 is 15.4 Å². The van der Waals surface area contributed by atoms with Gasteiger partial charge in [0.2, 0.25) is 0 Å². The molecular formula is C20H19N3O3S. The molecule has 2 aromatic carbocycles. The van der Waals surface area contributed by atoms with E-state index < -0.39 is 0 Å². The number of anilines is 1. The van der Waals surface area contributed by atoms with Gasteiger partial charge in [0.1, 0.15) is 12.4 Å². The first-order chi connectivity index (χ1) is 13.1. The van der Waals surface area contributed by atoms with Crippen molar-refractivity contribution in [3.05, 3.63) is 75.7 Å². The number of aryl methyl sites for hydroxylation is 1. The van der Waals surface area contributed by atoms with Crippen molar-refractivity contribution < 1.29 is 14.3 Å². The van der Waals surface area contributed by atoms with Crippen molar-refractivity contribution in [1.29, 1.82) is 0 Å². The summed E-state index contributed by atoms with van der Waals surface area (Å²) in [5.74, 6) is 0.0999. The normalized spacial score (nSPS) is 10.3. The van der Waals surface area contributed by atoms with E-state index in [0.717, 1.165) is 10.7 Å². The zero-order chi connectivity index (χ0) is 19.2. The van der Waals surface area contributed by atoms with E-state index in [1.165, 1.54) is 0 Å². The Morgan fingerprint density at radius 3 is 2.48 bits per heavy atom. The summed E-state index contributed by atoms with van der Waals surface area (Å²) < 4.78 is 5.68. The van der Waals surface area contributed by atoms with Crippen molar-refractivity contribution in [2.24, 2.45) is 0 Å². The minimum absolute atomic E-state index is 0.257. The summed E-state index contributed by atoms with van der Waals surface area (Å²) in [7, 11) is 1.55. The van der Waals surface area contributed by atoms with Crippen molar-refractivity contribution in [2.45, 2.75) is 13.5 Å². The topological polar surface area (TPSA) is 80.3 Å². The van der Waals surface area contributed by atoms with Crippen LogP contribution in [0.1, 0.15) is 31.4 Å². The second-order valence-corrected chi connectivity index (χ2v) is 6.81. The van der Waals surface area contributed by atoms with E-state index in [-0.39, 0.29) is 11.8 Å². The average Bonchev–Trinajstić information content (AvgIpc) is 3.12. The molecule has 1 aromatic heterocycles. The van der Waals surface area contributed by atoms with Crippen LogP contribution in [0.2, 0.25) is 0 Å². The molecule has 138 valence electrons. The van der Waals surface area contributed by atoms with Gasteiger partial charge in [-0.3, -0.25) is 9.59 Å². The first-order valence-electron chi connectivity index (χ1n) is 8.33. The number of ether oxygens (including phenoxy) is 1. The monoisotopic (exact) mass is 381 g/mol. The van der Waals surface area contributed by atoms with Crippen LogP contribution in [0.3, 0.4) is 0 Å². The number of benzene rings is 2. The van der Waals surface area contributed by atoms with Crippen LogP contribution >= 0.6 is 11.3 Å². The number of carbonyl (C=O) groups is 2. The van der Waals surface area contributed by atoms with E-state index in [0.29, 0.717) is 29.2 Å². The maximum atomic E-state index is 12.5. The molecule has 0 aliphatic carbocycles. The number of amides is 2. The molecule has 2 amide bonds. The van der Waals surface area contributed by atoms with Crippen LogP contribution in [0, 0.1) is 6.92 Å². The van der Waals surface area contributed by atoms with Crippen molar-refractivity contribution in [1.82, 2.24) is 10.3 Å². The Balaban J connectivity index is 1.65. The number of thiazole rings is 1. The lowest BCUT2D eigenvalue weighted by Crippen LogP contribution is -2.21. The van der Waals surface area contributed by atoms with Gasteiger partial charge < -0.3 is 15.4 Å². The first-order valence-corrected chi connectivity index (χ1v) is 9.21. The van der Waals surface area contributed by atoms with Crippen LogP contribution in [-0.4, -0.2) is 23.8 Å². The fourth-order valence-electron chi connectivity index (χ4n) is 2.45. The van der Waals surface area contributed by atoms with Gasteiger partial charge in [-0.15, -0.1) is 11.3 Å². The average molecular weight is 381 g/mol. The summed E-state index contributed by atoms with van der Waals surface area (Å²) in [5, 5.41) is 8.29. The van der Waals surface area contributed by atoms with Crippen molar-refractivity contribution in [2.75, 3.05) is 12.4 Å². The summed E-state index contributed by atoms with van der Waals surface area (Å²) in [6.45, 7) is 2.33. The maximum Gasteiger partial charge on any atom is 0.255 e. The summed E-state index contributed by atoms with van der Waals surface area (Å²) in [6.07, 6.45) is 0. The molecule has 0 fully saturated rings. The van der Waals surface area contributed by atoms with E-state index in [2.05, 4.69) is 15.6 Å². The smallest absolute Gasteiger partial charge is 0.255 e. The van der Waals surface area contributed by atoms with E-state index >= 15 is 0 Å². The fourth-order valence-corrected chi connectivity index (χ4v) is 3.05. The van der Waals surface area contributed by atoms with Crippen LogP contribution in [0.4, 0.5) is 5.69 Å². The molecule has 0 aliphatic rings. The first kappa shape index (κ1) is 18.6. The van der Waals surface area contributed by atoms with Gasteiger partial charge >= 0.3 is 0 Å². The SMILES string of the molecule is CNC(=O)c1ccccc1NC(=O)c1ccc(OCc2csc(C)n2)cc1. The highest BCUT2D eigenvalue weighted by Crippen LogP contribution is 2.19. The van der Waals surface area contributed by atoms with E-state index in [1.807, 2.05) is 12.3 Å². The van der Waals surface area contributed by atoms with Crippen LogP contribution in [-0.2, 0) is 6.61 Å². The molecule has 7 heteroatoms. The lowest BCUT2D eigenvalue weighted by Gasteiger charge is -2.10. The van der Waals surface area contributed by atoms with Crippen molar-refractivity contribution in [3.8, 4) is 5.75 Å². The standard InChI is InChI=1S/C20H19N3O3S/c1-13-22-15(12-27-13)11-26-16-9-7-14(8-10-16)19(24)23-18-6-4-3-5-17(18)20(25)21-2/h3-10,12H,11H2,1-2H3,(H,21,25)(H,23,24). The molecule has 3 rings (SSSR count). The Labute approximate surface area is 161 Å². The predicted molar refractivity (Wildman–Crippen MR) is 105 cm³/mol. The highest BCUT2D eigenvalue weighted by atomic mass is 32.1. The quantitative estimate of drug-likeness (QED) is 0.683. The Hall–Kier alpha value is -3.19. The molecule has 0 radical (unpaired) electrons. The molecule has 0 aliphatic heterocycles. The largest absolute Gasteiger partial charge is 0.487 e. The lowest BCUT2D eigenvalue weighted by molar-refractivity contribution is 0.0964. The molecule has 6 nitrogen and oxygen atoms in total. The number of rotatable bonds is 6. The Kier molecular flexibility index (Phi) is 5.83. The summed E-state index contributed by atoms with van der Waals surface area (Å²) >= 11 is 1.58. The van der Waals surface area contributed by atoms with Crippen molar-refractivity contribution in [3.63, 3.8) is 0 Å². The third kappa shape index (κ3) is 4.71. The third-order valence-corrected chi connectivity index (χ3v) is 4.64. The van der Waals surface area contributed by atoms with Gasteiger partial charge in [0.05, 0.1) is 22.0 Å². The summed E-state index contributed by atoms with van der Waals surface area (Å²) in [4.78, 5) is 28.7. The lowest BCUT2D eigenvalue weighted by atomic mass is 10.1. The van der Waals surface area contributed by atoms with Gasteiger partial charge in [-0.1, -0.05) is 12.1 Å². The molecule has 2 N–H and O–H groups in total. The highest BCUT2D eigenvalue weighted by Gasteiger charge is 2.13. The van der Waals surface area contributed by atoms with Gasteiger partial charge in [-0.05, 0) is 43.3 Å².